The van der Waals surface area contributed by atoms with Gasteiger partial charge < -0.3 is 9.47 Å². The van der Waals surface area contributed by atoms with E-state index in [-0.39, 0.29) is 29.1 Å². The molecule has 118 valence electrons. The molecule has 0 radical (unpaired) electrons. The predicted octanol–water partition coefficient (Wildman–Crippen LogP) is 3.29. The number of hydrogen-bond donors (Lipinski definition) is 0. The molecule has 23 heavy (non-hydrogen) atoms. The van der Waals surface area contributed by atoms with E-state index in [1.54, 1.807) is 43.3 Å². The maximum absolute atomic E-state index is 12.3. The molecule has 5 heteroatoms. The molecule has 5 nitrogen and oxygen atoms in total. The highest BCUT2D eigenvalue weighted by molar-refractivity contribution is 6.05. The van der Waals surface area contributed by atoms with Crippen LogP contribution in [0.25, 0.3) is 0 Å². The van der Waals surface area contributed by atoms with Crippen LogP contribution in [0.2, 0.25) is 0 Å². The maximum Gasteiger partial charge on any atom is 0.343 e. The number of methoxy groups -OCH3 is 1. The van der Waals surface area contributed by atoms with Crippen LogP contribution in [0.15, 0.2) is 48.5 Å². The van der Waals surface area contributed by atoms with Crippen molar-refractivity contribution in [3.8, 4) is 5.75 Å². The average molecular weight is 312 g/mol. The molecular formula is C18H16O5. The van der Waals surface area contributed by atoms with Gasteiger partial charge >= 0.3 is 11.9 Å². The fourth-order valence-electron chi connectivity index (χ4n) is 2.05. The second kappa shape index (κ2) is 7.35. The van der Waals surface area contributed by atoms with Crippen molar-refractivity contribution in [3.05, 3.63) is 65.2 Å². The van der Waals surface area contributed by atoms with Crippen LogP contribution >= 0.6 is 0 Å². The number of Topliss-reactive ketones (excluding diaryl/α,β-unsaturated/α-hetero) is 1. The third-order valence-electron chi connectivity index (χ3n) is 3.25. The predicted molar refractivity (Wildman–Crippen MR) is 83.8 cm³/mol. The molecule has 0 atom stereocenters. The number of hydrogen-bond acceptors (Lipinski definition) is 5. The summed E-state index contributed by atoms with van der Waals surface area (Å²) in [5.41, 5.74) is 0.540. The highest BCUT2D eigenvalue weighted by atomic mass is 16.5. The lowest BCUT2D eigenvalue weighted by Crippen LogP contribution is -2.15. The summed E-state index contributed by atoms with van der Waals surface area (Å²) in [6.45, 7) is 1.69. The molecule has 0 bridgehead atoms. The maximum atomic E-state index is 12.3. The number of carbonyl (C=O) groups excluding carboxylic acids is 3. The van der Waals surface area contributed by atoms with Crippen molar-refractivity contribution in [2.45, 2.75) is 13.3 Å². The van der Waals surface area contributed by atoms with Crippen molar-refractivity contribution in [1.29, 1.82) is 0 Å². The third-order valence-corrected chi connectivity index (χ3v) is 3.25. The molecule has 2 aromatic rings. The van der Waals surface area contributed by atoms with Crippen molar-refractivity contribution < 1.29 is 23.9 Å². The van der Waals surface area contributed by atoms with E-state index in [9.17, 15) is 14.4 Å². The van der Waals surface area contributed by atoms with Crippen molar-refractivity contribution in [3.63, 3.8) is 0 Å². The second-order valence-corrected chi connectivity index (χ2v) is 4.71. The summed E-state index contributed by atoms with van der Waals surface area (Å²) < 4.78 is 10.0. The van der Waals surface area contributed by atoms with E-state index in [0.29, 0.717) is 5.56 Å². The molecular weight excluding hydrogens is 296 g/mol. The number of para-hydroxylation sites is 1. The monoisotopic (exact) mass is 312 g/mol. The van der Waals surface area contributed by atoms with Crippen LogP contribution in [0.3, 0.4) is 0 Å². The van der Waals surface area contributed by atoms with Gasteiger partial charge in [0.25, 0.3) is 0 Å². The van der Waals surface area contributed by atoms with Crippen molar-refractivity contribution in [1.82, 2.24) is 0 Å². The van der Waals surface area contributed by atoms with Gasteiger partial charge in [-0.3, -0.25) is 4.79 Å². The zero-order chi connectivity index (χ0) is 16.8. The Hall–Kier alpha value is -2.95. The molecule has 0 amide bonds. The molecule has 0 aromatic heterocycles. The number of carbonyl (C=O) groups is 3. The Morgan fingerprint density at radius 1 is 0.870 bits per heavy atom. The molecule has 0 N–H and O–H groups in total. The zero-order valence-corrected chi connectivity index (χ0v) is 12.9. The lowest BCUT2D eigenvalue weighted by molar-refractivity contribution is 0.0593. The smallest absolute Gasteiger partial charge is 0.343 e. The molecule has 2 aromatic carbocycles. The fourth-order valence-corrected chi connectivity index (χ4v) is 2.05. The summed E-state index contributed by atoms with van der Waals surface area (Å²) in [6.07, 6.45) is 0.223. The standard InChI is InChI=1S/C18H16O5/c1-3-15(19)13-10-7-11-14(18(21)22-2)16(13)23-17(20)12-8-5-4-6-9-12/h4-11H,3H2,1-2H3. The molecule has 0 aliphatic rings. The number of ether oxygens (including phenoxy) is 2. The minimum Gasteiger partial charge on any atom is -0.465 e. The first-order valence-corrected chi connectivity index (χ1v) is 7.10. The highest BCUT2D eigenvalue weighted by Gasteiger charge is 2.23. The van der Waals surface area contributed by atoms with Gasteiger partial charge in [0.15, 0.2) is 11.5 Å². The van der Waals surface area contributed by atoms with Crippen LogP contribution in [-0.4, -0.2) is 24.8 Å². The van der Waals surface area contributed by atoms with E-state index in [0.717, 1.165) is 0 Å². The first-order valence-electron chi connectivity index (χ1n) is 7.10. The topological polar surface area (TPSA) is 69.7 Å². The number of rotatable bonds is 5. The molecule has 0 aliphatic carbocycles. The summed E-state index contributed by atoms with van der Waals surface area (Å²) in [5.74, 6) is -1.62. The number of esters is 2. The van der Waals surface area contributed by atoms with Gasteiger partial charge in [-0.15, -0.1) is 0 Å². The Kier molecular flexibility index (Phi) is 5.25. The Balaban J connectivity index is 2.47. The third kappa shape index (κ3) is 3.63. The molecule has 2 rings (SSSR count). The van der Waals surface area contributed by atoms with Gasteiger partial charge in [0.05, 0.1) is 18.2 Å². The van der Waals surface area contributed by atoms with Crippen molar-refractivity contribution in [2.24, 2.45) is 0 Å². The van der Waals surface area contributed by atoms with E-state index in [1.165, 1.54) is 19.2 Å². The fraction of sp³-hybridized carbons (Fsp3) is 0.167. The summed E-state index contributed by atoms with van der Waals surface area (Å²) >= 11 is 0. The molecule has 0 unspecified atom stereocenters. The van der Waals surface area contributed by atoms with Gasteiger partial charge in [0, 0.05) is 6.42 Å². The SMILES string of the molecule is CCC(=O)c1cccc(C(=O)OC)c1OC(=O)c1ccccc1. The molecule has 0 saturated heterocycles. The largest absolute Gasteiger partial charge is 0.465 e. The van der Waals surface area contributed by atoms with E-state index in [4.69, 9.17) is 9.47 Å². The summed E-state index contributed by atoms with van der Waals surface area (Å²) in [5, 5.41) is 0. The first kappa shape index (κ1) is 16.4. The van der Waals surface area contributed by atoms with Crippen LogP contribution in [0.1, 0.15) is 44.4 Å². The normalized spacial score (nSPS) is 10.0. The Labute approximate surface area is 133 Å². The average Bonchev–Trinajstić information content (AvgIpc) is 2.61. The van der Waals surface area contributed by atoms with E-state index < -0.39 is 11.9 Å². The van der Waals surface area contributed by atoms with E-state index in [2.05, 4.69) is 0 Å². The van der Waals surface area contributed by atoms with Crippen molar-refractivity contribution in [2.75, 3.05) is 7.11 Å². The number of benzene rings is 2. The van der Waals surface area contributed by atoms with Gasteiger partial charge in [0.2, 0.25) is 0 Å². The van der Waals surface area contributed by atoms with E-state index >= 15 is 0 Å². The van der Waals surface area contributed by atoms with Gasteiger partial charge in [-0.2, -0.15) is 0 Å². The molecule has 0 spiro atoms. The number of ketones is 1. The van der Waals surface area contributed by atoms with Crippen LogP contribution in [0.5, 0.6) is 5.75 Å². The van der Waals surface area contributed by atoms with Gasteiger partial charge in [-0.25, -0.2) is 9.59 Å². The van der Waals surface area contributed by atoms with E-state index in [1.807, 2.05) is 0 Å². The van der Waals surface area contributed by atoms with Gasteiger partial charge in [-0.05, 0) is 24.3 Å². The zero-order valence-electron chi connectivity index (χ0n) is 12.9. The molecule has 0 fully saturated rings. The van der Waals surface area contributed by atoms with Crippen LogP contribution in [0.4, 0.5) is 0 Å². The summed E-state index contributed by atoms with van der Waals surface area (Å²) in [7, 11) is 1.22. The minimum absolute atomic E-state index is 0.0380. The Morgan fingerprint density at radius 3 is 2.13 bits per heavy atom. The quantitative estimate of drug-likeness (QED) is 0.481. The molecule has 0 saturated carbocycles. The Bertz CT molecular complexity index is 700. The first-order chi connectivity index (χ1) is 11.1. The molecule has 0 aliphatic heterocycles. The van der Waals surface area contributed by atoms with Crippen LogP contribution < -0.4 is 4.74 Å². The lowest BCUT2D eigenvalue weighted by atomic mass is 10.0. The lowest BCUT2D eigenvalue weighted by Gasteiger charge is -2.12. The molecule has 0 heterocycles. The van der Waals surface area contributed by atoms with Gasteiger partial charge in [0.1, 0.15) is 5.56 Å². The van der Waals surface area contributed by atoms with Gasteiger partial charge in [-0.1, -0.05) is 31.2 Å². The van der Waals surface area contributed by atoms with Crippen LogP contribution in [-0.2, 0) is 4.74 Å². The Morgan fingerprint density at radius 2 is 1.52 bits per heavy atom. The summed E-state index contributed by atoms with van der Waals surface area (Å²) in [4.78, 5) is 36.2. The second-order valence-electron chi connectivity index (χ2n) is 4.71. The summed E-state index contributed by atoms with van der Waals surface area (Å²) in [6, 6.07) is 12.9. The van der Waals surface area contributed by atoms with Crippen LogP contribution in [0, 0.1) is 0 Å². The minimum atomic E-state index is -0.674. The van der Waals surface area contributed by atoms with Crippen molar-refractivity contribution >= 4 is 17.7 Å². The highest BCUT2D eigenvalue weighted by Crippen LogP contribution is 2.27.